The van der Waals surface area contributed by atoms with E-state index < -0.39 is 6.10 Å². The van der Waals surface area contributed by atoms with E-state index in [9.17, 15) is 4.79 Å². The minimum Gasteiger partial charge on any atom is -0.453 e. The Morgan fingerprint density at radius 1 is 1.36 bits per heavy atom. The Kier molecular flexibility index (Phi) is 4.30. The molecule has 1 saturated carbocycles. The zero-order valence-electron chi connectivity index (χ0n) is 14.3. The molecule has 134 valence electrons. The second-order valence-corrected chi connectivity index (χ2v) is 6.61. The molecule has 0 spiro atoms. The van der Waals surface area contributed by atoms with Crippen molar-refractivity contribution >= 4 is 5.91 Å². The molecule has 1 aliphatic heterocycles. The molecule has 0 radical (unpaired) electrons. The number of nitrogens with zero attached hydrogens (tertiary/aromatic N) is 3. The van der Waals surface area contributed by atoms with Crippen molar-refractivity contribution in [2.45, 2.75) is 44.5 Å². The van der Waals surface area contributed by atoms with Crippen LogP contribution in [0.5, 0.6) is 0 Å². The summed E-state index contributed by atoms with van der Waals surface area (Å²) < 4.78 is 21.8. The molecule has 3 heterocycles. The molecule has 2 fully saturated rings. The zero-order valence-corrected chi connectivity index (χ0v) is 14.3. The van der Waals surface area contributed by atoms with Crippen LogP contribution in [0.3, 0.4) is 0 Å². The highest BCUT2D eigenvalue weighted by atomic mass is 16.5. The van der Waals surface area contributed by atoms with Gasteiger partial charge >= 0.3 is 0 Å². The molecule has 0 bridgehead atoms. The molecule has 1 saturated heterocycles. The maximum absolute atomic E-state index is 12.7. The fraction of sp³-hybridized carbons (Fsp3) is 0.588. The third-order valence-corrected chi connectivity index (χ3v) is 4.38. The first-order valence-corrected chi connectivity index (χ1v) is 8.50. The van der Waals surface area contributed by atoms with Crippen LogP contribution in [0.2, 0.25) is 0 Å². The number of hydrogen-bond donors (Lipinski definition) is 0. The van der Waals surface area contributed by atoms with Gasteiger partial charge in [-0.2, -0.15) is 4.98 Å². The Hall–Kier alpha value is -2.19. The Morgan fingerprint density at radius 2 is 2.20 bits per heavy atom. The molecule has 2 atom stereocenters. The van der Waals surface area contributed by atoms with Crippen LogP contribution in [-0.2, 0) is 16.1 Å². The van der Waals surface area contributed by atoms with Crippen LogP contribution in [-0.4, -0.2) is 47.3 Å². The van der Waals surface area contributed by atoms with Gasteiger partial charge in [0.05, 0.1) is 12.6 Å². The molecule has 8 nitrogen and oxygen atoms in total. The van der Waals surface area contributed by atoms with Gasteiger partial charge < -0.3 is 23.3 Å². The molecule has 0 unspecified atom stereocenters. The van der Waals surface area contributed by atoms with Crippen molar-refractivity contribution in [3.8, 4) is 0 Å². The summed E-state index contributed by atoms with van der Waals surface area (Å²) in [6.45, 7) is 3.10. The Bertz CT molecular complexity index is 751. The summed E-state index contributed by atoms with van der Waals surface area (Å²) >= 11 is 0. The molecule has 1 aliphatic carbocycles. The predicted octanol–water partition coefficient (Wildman–Crippen LogP) is 2.29. The van der Waals surface area contributed by atoms with Crippen LogP contribution in [0.15, 0.2) is 21.1 Å². The van der Waals surface area contributed by atoms with Gasteiger partial charge in [-0.15, -0.1) is 0 Å². The number of aromatic nitrogens is 2. The first-order chi connectivity index (χ1) is 12.1. The maximum atomic E-state index is 12.7. The van der Waals surface area contributed by atoms with Crippen molar-refractivity contribution in [1.82, 2.24) is 15.0 Å². The number of rotatable bonds is 5. The first-order valence-electron chi connectivity index (χ1n) is 8.50. The SMILES string of the molecule is COCc1ccc(C(=O)N2C[C@@H](C)O[C@@H](c3nc(C4CC4)no3)C2)o1. The lowest BCUT2D eigenvalue weighted by atomic mass is 10.2. The average Bonchev–Trinajstić information content (AvgIpc) is 3.15. The normalized spacial score (nSPS) is 23.8. The Morgan fingerprint density at radius 3 is 2.96 bits per heavy atom. The number of morpholine rings is 1. The highest BCUT2D eigenvalue weighted by Crippen LogP contribution is 2.39. The minimum atomic E-state index is -0.416. The summed E-state index contributed by atoms with van der Waals surface area (Å²) in [6, 6.07) is 3.42. The van der Waals surface area contributed by atoms with Crippen molar-refractivity contribution in [2.24, 2.45) is 0 Å². The van der Waals surface area contributed by atoms with Crippen molar-refractivity contribution in [3.05, 3.63) is 35.4 Å². The summed E-state index contributed by atoms with van der Waals surface area (Å²) in [5, 5.41) is 4.03. The maximum Gasteiger partial charge on any atom is 0.289 e. The third-order valence-electron chi connectivity index (χ3n) is 4.38. The number of ether oxygens (including phenoxy) is 2. The largest absolute Gasteiger partial charge is 0.453 e. The number of furan rings is 1. The summed E-state index contributed by atoms with van der Waals surface area (Å²) in [4.78, 5) is 18.9. The van der Waals surface area contributed by atoms with Gasteiger partial charge in [-0.05, 0) is 31.9 Å². The molecular formula is C17H21N3O5. The lowest BCUT2D eigenvalue weighted by Gasteiger charge is -2.34. The second-order valence-electron chi connectivity index (χ2n) is 6.61. The monoisotopic (exact) mass is 347 g/mol. The van der Waals surface area contributed by atoms with E-state index in [-0.39, 0.29) is 12.0 Å². The summed E-state index contributed by atoms with van der Waals surface area (Å²) in [7, 11) is 1.58. The molecule has 8 heteroatoms. The van der Waals surface area contributed by atoms with E-state index >= 15 is 0 Å². The van der Waals surface area contributed by atoms with Crippen LogP contribution in [0.1, 0.15) is 59.8 Å². The van der Waals surface area contributed by atoms with Crippen LogP contribution < -0.4 is 0 Å². The molecule has 4 rings (SSSR count). The Labute approximate surface area is 145 Å². The van der Waals surface area contributed by atoms with E-state index in [0.717, 1.165) is 18.7 Å². The summed E-state index contributed by atoms with van der Waals surface area (Å²) in [6.07, 6.45) is 1.66. The van der Waals surface area contributed by atoms with Gasteiger partial charge in [0.2, 0.25) is 0 Å². The molecule has 25 heavy (non-hydrogen) atoms. The lowest BCUT2D eigenvalue weighted by Crippen LogP contribution is -2.46. The van der Waals surface area contributed by atoms with Gasteiger partial charge in [0, 0.05) is 19.6 Å². The van der Waals surface area contributed by atoms with Gasteiger partial charge in [0.15, 0.2) is 17.7 Å². The molecule has 2 aliphatic rings. The van der Waals surface area contributed by atoms with Crippen molar-refractivity contribution in [2.75, 3.05) is 20.2 Å². The summed E-state index contributed by atoms with van der Waals surface area (Å²) in [5.74, 6) is 2.33. The number of hydrogen-bond acceptors (Lipinski definition) is 7. The highest BCUT2D eigenvalue weighted by Gasteiger charge is 2.36. The van der Waals surface area contributed by atoms with E-state index in [1.54, 1.807) is 24.1 Å². The van der Waals surface area contributed by atoms with Gasteiger partial charge in [-0.25, -0.2) is 0 Å². The molecule has 1 amide bonds. The number of methoxy groups -OCH3 is 1. The van der Waals surface area contributed by atoms with Crippen molar-refractivity contribution in [1.29, 1.82) is 0 Å². The fourth-order valence-corrected chi connectivity index (χ4v) is 3.01. The first kappa shape index (κ1) is 16.3. The molecule has 0 N–H and O–H groups in total. The number of carbonyl (C=O) groups is 1. The van der Waals surface area contributed by atoms with E-state index in [1.165, 1.54) is 0 Å². The fourth-order valence-electron chi connectivity index (χ4n) is 3.01. The van der Waals surface area contributed by atoms with Gasteiger partial charge in [-0.3, -0.25) is 4.79 Å². The number of carbonyl (C=O) groups excluding carboxylic acids is 1. The van der Waals surface area contributed by atoms with Crippen molar-refractivity contribution < 1.29 is 23.2 Å². The third kappa shape index (κ3) is 3.45. The molecule has 0 aromatic carbocycles. The van der Waals surface area contributed by atoms with E-state index in [1.807, 2.05) is 6.92 Å². The second kappa shape index (κ2) is 6.61. The van der Waals surface area contributed by atoms with Gasteiger partial charge in [0.1, 0.15) is 12.4 Å². The standard InChI is InChI=1S/C17H21N3O5/c1-10-7-20(17(21)13-6-5-12(24-13)9-22-2)8-14(23-10)16-18-15(19-25-16)11-3-4-11/h5-6,10-11,14H,3-4,7-9H2,1-2H3/t10-,14-/m1/s1. The van der Waals surface area contributed by atoms with E-state index in [0.29, 0.717) is 43.0 Å². The quantitative estimate of drug-likeness (QED) is 0.819. The van der Waals surface area contributed by atoms with Gasteiger partial charge in [-0.1, -0.05) is 5.16 Å². The van der Waals surface area contributed by atoms with Crippen LogP contribution in [0.4, 0.5) is 0 Å². The van der Waals surface area contributed by atoms with Crippen LogP contribution in [0.25, 0.3) is 0 Å². The smallest absolute Gasteiger partial charge is 0.289 e. The topological polar surface area (TPSA) is 90.8 Å². The zero-order chi connectivity index (χ0) is 17.4. The minimum absolute atomic E-state index is 0.132. The van der Waals surface area contributed by atoms with Crippen molar-refractivity contribution in [3.63, 3.8) is 0 Å². The van der Waals surface area contributed by atoms with E-state index in [2.05, 4.69) is 10.1 Å². The average molecular weight is 347 g/mol. The molecule has 2 aromatic heterocycles. The van der Waals surface area contributed by atoms with E-state index in [4.69, 9.17) is 18.4 Å². The van der Waals surface area contributed by atoms with Gasteiger partial charge in [0.25, 0.3) is 11.8 Å². The van der Waals surface area contributed by atoms with Crippen LogP contribution >= 0.6 is 0 Å². The molecular weight excluding hydrogens is 326 g/mol. The summed E-state index contributed by atoms with van der Waals surface area (Å²) in [5.41, 5.74) is 0. The molecule has 2 aromatic rings. The lowest BCUT2D eigenvalue weighted by molar-refractivity contribution is -0.0815. The highest BCUT2D eigenvalue weighted by molar-refractivity contribution is 5.91. The predicted molar refractivity (Wildman–Crippen MR) is 84.9 cm³/mol. The number of amides is 1. The Balaban J connectivity index is 1.47. The van der Waals surface area contributed by atoms with Crippen LogP contribution in [0, 0.1) is 0 Å².